The fourth-order valence-electron chi connectivity index (χ4n) is 6.97. The van der Waals surface area contributed by atoms with Gasteiger partial charge >= 0.3 is 6.01 Å². The van der Waals surface area contributed by atoms with Crippen LogP contribution in [-0.2, 0) is 11.2 Å². The standard InChI is InChI=1S/C25H33N5O2/c1-17-26-24(32-28-17)30-19-7-8-20(30)15-21(14-19)29-11-9-25(10-12-29)16-23(31)27-22(25)13-18-5-3-2-4-6-18/h2-6,19-22H,7-16H2,1H3,(H,27,31). The number of hydrogen-bond donors (Lipinski definition) is 1. The Morgan fingerprint density at radius 2 is 1.81 bits per heavy atom. The number of piperidine rings is 2. The Morgan fingerprint density at radius 1 is 1.09 bits per heavy atom. The minimum atomic E-state index is 0.115. The summed E-state index contributed by atoms with van der Waals surface area (Å²) in [6.45, 7) is 4.09. The molecule has 2 bridgehead atoms. The average Bonchev–Trinajstić information content (AvgIpc) is 3.43. The van der Waals surface area contributed by atoms with Crippen molar-refractivity contribution in [3.8, 4) is 0 Å². The van der Waals surface area contributed by atoms with E-state index in [0.717, 1.165) is 32.4 Å². The van der Waals surface area contributed by atoms with E-state index in [-0.39, 0.29) is 17.4 Å². The van der Waals surface area contributed by atoms with Gasteiger partial charge in [0.25, 0.3) is 0 Å². The van der Waals surface area contributed by atoms with Crippen molar-refractivity contribution < 1.29 is 9.32 Å². The smallest absolute Gasteiger partial charge is 0.324 e. The normalized spacial score (nSPS) is 31.9. The molecule has 7 nitrogen and oxygen atoms in total. The molecule has 4 fully saturated rings. The van der Waals surface area contributed by atoms with Crippen LogP contribution in [0.3, 0.4) is 0 Å². The first-order chi connectivity index (χ1) is 15.6. The van der Waals surface area contributed by atoms with Crippen LogP contribution in [0.15, 0.2) is 34.9 Å². The van der Waals surface area contributed by atoms with Crippen LogP contribution in [0.2, 0.25) is 0 Å². The summed E-state index contributed by atoms with van der Waals surface area (Å²) < 4.78 is 5.51. The molecular weight excluding hydrogens is 402 g/mol. The van der Waals surface area contributed by atoms with E-state index in [9.17, 15) is 4.79 Å². The van der Waals surface area contributed by atoms with Gasteiger partial charge in [-0.1, -0.05) is 35.5 Å². The Kier molecular flexibility index (Phi) is 4.97. The number of fused-ring (bicyclic) bond motifs is 2. The molecule has 5 heterocycles. The van der Waals surface area contributed by atoms with Gasteiger partial charge < -0.3 is 19.6 Å². The first kappa shape index (κ1) is 20.2. The third kappa shape index (κ3) is 3.51. The number of nitrogens with zero attached hydrogens (tertiary/aromatic N) is 4. The Balaban J connectivity index is 1.11. The first-order valence-electron chi connectivity index (χ1n) is 12.3. The van der Waals surface area contributed by atoms with Crippen LogP contribution in [0.5, 0.6) is 0 Å². The predicted octanol–water partition coefficient (Wildman–Crippen LogP) is 3.09. The lowest BCUT2D eigenvalue weighted by Crippen LogP contribution is -2.55. The number of amides is 1. The number of likely N-dealkylation sites (tertiary alicyclic amines) is 1. The van der Waals surface area contributed by atoms with E-state index in [4.69, 9.17) is 4.52 Å². The average molecular weight is 436 g/mol. The van der Waals surface area contributed by atoms with Crippen molar-refractivity contribution in [1.29, 1.82) is 0 Å². The summed E-state index contributed by atoms with van der Waals surface area (Å²) in [5.74, 6) is 0.952. The molecule has 0 aliphatic carbocycles. The third-order valence-corrected chi connectivity index (χ3v) is 8.63. The Bertz CT molecular complexity index is 954. The molecule has 3 atom stereocenters. The van der Waals surface area contributed by atoms with E-state index in [1.807, 2.05) is 6.92 Å². The highest BCUT2D eigenvalue weighted by Crippen LogP contribution is 2.46. The molecule has 1 aromatic heterocycles. The summed E-state index contributed by atoms with van der Waals surface area (Å²) in [6, 6.07) is 13.2. The minimum absolute atomic E-state index is 0.115. The Morgan fingerprint density at radius 3 is 2.47 bits per heavy atom. The van der Waals surface area contributed by atoms with Gasteiger partial charge in [-0.25, -0.2) is 0 Å². The van der Waals surface area contributed by atoms with Gasteiger partial charge in [0.05, 0.1) is 0 Å². The maximum atomic E-state index is 12.4. The van der Waals surface area contributed by atoms with Gasteiger partial charge in [-0.2, -0.15) is 4.98 Å². The number of aromatic nitrogens is 2. The van der Waals surface area contributed by atoms with E-state index in [0.29, 0.717) is 36.4 Å². The number of nitrogens with one attached hydrogen (secondary N) is 1. The van der Waals surface area contributed by atoms with Crippen molar-refractivity contribution in [1.82, 2.24) is 20.4 Å². The van der Waals surface area contributed by atoms with Crippen molar-refractivity contribution in [3.05, 3.63) is 41.7 Å². The van der Waals surface area contributed by atoms with Crippen LogP contribution in [0, 0.1) is 12.3 Å². The molecule has 1 aromatic carbocycles. The number of carbonyl (C=O) groups is 1. The van der Waals surface area contributed by atoms with Crippen LogP contribution in [0.4, 0.5) is 6.01 Å². The summed E-state index contributed by atoms with van der Waals surface area (Å²) in [5, 5.41) is 7.33. The number of hydrogen-bond acceptors (Lipinski definition) is 6. The summed E-state index contributed by atoms with van der Waals surface area (Å²) in [5.41, 5.74) is 1.44. The maximum absolute atomic E-state index is 12.4. The molecule has 32 heavy (non-hydrogen) atoms. The zero-order chi connectivity index (χ0) is 21.7. The molecule has 3 unspecified atom stereocenters. The van der Waals surface area contributed by atoms with Crippen molar-refractivity contribution in [3.63, 3.8) is 0 Å². The summed E-state index contributed by atoms with van der Waals surface area (Å²) in [7, 11) is 0. The Labute approximate surface area is 189 Å². The SMILES string of the molecule is Cc1noc(N2C3CCC2CC(N2CCC4(CC2)CC(=O)NC4Cc2ccccc2)C3)n1. The molecule has 4 aliphatic heterocycles. The highest BCUT2D eigenvalue weighted by atomic mass is 16.5. The van der Waals surface area contributed by atoms with E-state index >= 15 is 0 Å². The molecule has 6 rings (SSSR count). The number of aryl methyl sites for hydroxylation is 1. The molecule has 0 radical (unpaired) electrons. The maximum Gasteiger partial charge on any atom is 0.324 e. The third-order valence-electron chi connectivity index (χ3n) is 8.63. The fraction of sp³-hybridized carbons (Fsp3) is 0.640. The summed E-state index contributed by atoms with van der Waals surface area (Å²) >= 11 is 0. The number of anilines is 1. The molecule has 1 amide bonds. The van der Waals surface area contributed by atoms with Gasteiger partial charge in [0, 0.05) is 36.0 Å². The minimum Gasteiger partial charge on any atom is -0.352 e. The van der Waals surface area contributed by atoms with E-state index in [1.54, 1.807) is 0 Å². The first-order valence-corrected chi connectivity index (χ1v) is 12.3. The molecule has 1 N–H and O–H groups in total. The molecule has 1 spiro atoms. The zero-order valence-electron chi connectivity index (χ0n) is 18.9. The molecule has 4 aliphatic rings. The largest absolute Gasteiger partial charge is 0.352 e. The second-order valence-electron chi connectivity index (χ2n) is 10.4. The topological polar surface area (TPSA) is 74.5 Å². The van der Waals surface area contributed by atoms with Crippen LogP contribution >= 0.6 is 0 Å². The van der Waals surface area contributed by atoms with Gasteiger partial charge in [-0.15, -0.1) is 0 Å². The summed E-state index contributed by atoms with van der Waals surface area (Å²) in [4.78, 5) is 22.0. The number of benzene rings is 1. The van der Waals surface area contributed by atoms with Crippen LogP contribution in [-0.4, -0.2) is 58.2 Å². The van der Waals surface area contributed by atoms with Gasteiger partial charge in [0.1, 0.15) is 0 Å². The predicted molar refractivity (Wildman–Crippen MR) is 121 cm³/mol. The van der Waals surface area contributed by atoms with Gasteiger partial charge in [-0.05, 0) is 70.5 Å². The molecule has 4 saturated heterocycles. The van der Waals surface area contributed by atoms with Gasteiger partial charge in [0.15, 0.2) is 5.82 Å². The number of carbonyl (C=O) groups excluding carboxylic acids is 1. The Hall–Kier alpha value is -2.41. The second kappa shape index (κ2) is 7.87. The molecular formula is C25H33N5O2. The van der Waals surface area contributed by atoms with Crippen LogP contribution in [0.1, 0.15) is 56.3 Å². The van der Waals surface area contributed by atoms with E-state index in [1.165, 1.54) is 31.2 Å². The number of rotatable bonds is 4. The molecule has 0 saturated carbocycles. The van der Waals surface area contributed by atoms with Crippen molar-refractivity contribution in [2.45, 2.75) is 82.5 Å². The van der Waals surface area contributed by atoms with Crippen molar-refractivity contribution >= 4 is 11.9 Å². The van der Waals surface area contributed by atoms with E-state index in [2.05, 4.69) is 55.6 Å². The lowest BCUT2D eigenvalue weighted by atomic mass is 9.70. The zero-order valence-corrected chi connectivity index (χ0v) is 18.9. The molecule has 2 aromatic rings. The second-order valence-corrected chi connectivity index (χ2v) is 10.4. The van der Waals surface area contributed by atoms with Crippen molar-refractivity contribution in [2.75, 3.05) is 18.0 Å². The van der Waals surface area contributed by atoms with E-state index < -0.39 is 0 Å². The highest BCUT2D eigenvalue weighted by molar-refractivity contribution is 5.80. The van der Waals surface area contributed by atoms with Crippen LogP contribution in [0.25, 0.3) is 0 Å². The molecule has 7 heteroatoms. The monoisotopic (exact) mass is 435 g/mol. The lowest BCUT2D eigenvalue weighted by molar-refractivity contribution is -0.120. The van der Waals surface area contributed by atoms with Crippen molar-refractivity contribution in [2.24, 2.45) is 5.41 Å². The van der Waals surface area contributed by atoms with Gasteiger partial charge in [-0.3, -0.25) is 4.79 Å². The summed E-state index contributed by atoms with van der Waals surface area (Å²) in [6.07, 6.45) is 8.65. The fourth-order valence-corrected chi connectivity index (χ4v) is 6.97. The quantitative estimate of drug-likeness (QED) is 0.796. The lowest BCUT2D eigenvalue weighted by Gasteiger charge is -2.48. The van der Waals surface area contributed by atoms with Gasteiger partial charge in [0.2, 0.25) is 5.91 Å². The molecule has 170 valence electrons. The highest BCUT2D eigenvalue weighted by Gasteiger charge is 2.50. The van der Waals surface area contributed by atoms with Crippen LogP contribution < -0.4 is 10.2 Å².